The molecule has 0 radical (unpaired) electrons. The molecule has 1 aromatic heterocycles. The molecule has 0 fully saturated rings. The average Bonchev–Trinajstić information content (AvgIpc) is 2.14. The molecule has 44 valence electrons. The summed E-state index contributed by atoms with van der Waals surface area (Å²) in [5.41, 5.74) is 0. The maximum Gasteiger partial charge on any atom is 0.154 e. The van der Waals surface area contributed by atoms with Crippen molar-refractivity contribution in [2.75, 3.05) is 7.11 Å². The van der Waals surface area contributed by atoms with Gasteiger partial charge in [0.1, 0.15) is 5.02 Å². The van der Waals surface area contributed by atoms with Gasteiger partial charge < -0.3 is 9.72 Å². The summed E-state index contributed by atoms with van der Waals surface area (Å²) in [5, 5.41) is 0.618. The molecule has 2 nitrogen and oxygen atoms in total. The molecule has 0 unspecified atom stereocenters. The zero-order valence-corrected chi connectivity index (χ0v) is 5.20. The molecule has 3 heteroatoms. The molecular weight excluding hydrogens is 126 g/mol. The molecule has 1 rings (SSSR count). The third-order valence-corrected chi connectivity index (χ3v) is 1.18. The van der Waals surface area contributed by atoms with Crippen LogP contribution in [0.2, 0.25) is 5.02 Å². The third kappa shape index (κ3) is 0.793. The molecule has 0 saturated carbocycles. The Morgan fingerprint density at radius 2 is 2.38 bits per heavy atom. The van der Waals surface area contributed by atoms with Gasteiger partial charge in [0, 0.05) is 12.4 Å². The first-order valence-corrected chi connectivity index (χ1v) is 2.58. The van der Waals surface area contributed by atoms with Gasteiger partial charge in [0.05, 0.1) is 7.11 Å². The van der Waals surface area contributed by atoms with Gasteiger partial charge in [-0.2, -0.15) is 0 Å². The van der Waals surface area contributed by atoms with Crippen LogP contribution in [0.3, 0.4) is 0 Å². The lowest BCUT2D eigenvalue weighted by Crippen LogP contribution is -1.77. The molecule has 0 atom stereocenters. The highest BCUT2D eigenvalue weighted by Gasteiger charge is 1.95. The minimum absolute atomic E-state index is 0.618. The van der Waals surface area contributed by atoms with Crippen molar-refractivity contribution in [1.82, 2.24) is 4.98 Å². The Morgan fingerprint density at radius 1 is 1.62 bits per heavy atom. The fraction of sp³-hybridized carbons (Fsp3) is 0.200. The van der Waals surface area contributed by atoms with Crippen LogP contribution in [0.1, 0.15) is 0 Å². The lowest BCUT2D eigenvalue weighted by atomic mass is 10.6. The highest BCUT2D eigenvalue weighted by molar-refractivity contribution is 6.31. The largest absolute Gasteiger partial charge is 0.494 e. The second kappa shape index (κ2) is 2.09. The average molecular weight is 132 g/mol. The molecule has 1 N–H and O–H groups in total. The number of methoxy groups -OCH3 is 1. The Balaban J connectivity index is 2.92. The van der Waals surface area contributed by atoms with E-state index in [1.54, 1.807) is 19.5 Å². The minimum atomic E-state index is 0.618. The fourth-order valence-electron chi connectivity index (χ4n) is 0.487. The smallest absolute Gasteiger partial charge is 0.154 e. The van der Waals surface area contributed by atoms with E-state index in [0.717, 1.165) is 0 Å². The molecule has 8 heavy (non-hydrogen) atoms. The van der Waals surface area contributed by atoms with E-state index in [-0.39, 0.29) is 0 Å². The summed E-state index contributed by atoms with van der Waals surface area (Å²) in [5.74, 6) is 0.687. The van der Waals surface area contributed by atoms with Crippen LogP contribution >= 0.6 is 11.6 Å². The van der Waals surface area contributed by atoms with Crippen molar-refractivity contribution >= 4 is 11.6 Å². The number of halogens is 1. The maximum atomic E-state index is 5.58. The summed E-state index contributed by atoms with van der Waals surface area (Å²) < 4.78 is 4.82. The second-order valence-corrected chi connectivity index (χ2v) is 1.78. The van der Waals surface area contributed by atoms with Crippen molar-refractivity contribution < 1.29 is 4.74 Å². The normalized spacial score (nSPS) is 9.25. The first-order chi connectivity index (χ1) is 3.84. The van der Waals surface area contributed by atoms with Gasteiger partial charge in [0.2, 0.25) is 0 Å². The van der Waals surface area contributed by atoms with Gasteiger partial charge in [0.15, 0.2) is 5.75 Å². The number of aromatic nitrogens is 1. The topological polar surface area (TPSA) is 25.0 Å². The zero-order chi connectivity index (χ0) is 5.98. The van der Waals surface area contributed by atoms with Crippen molar-refractivity contribution in [2.45, 2.75) is 0 Å². The van der Waals surface area contributed by atoms with Crippen LogP contribution in [0.15, 0.2) is 12.4 Å². The predicted octanol–water partition coefficient (Wildman–Crippen LogP) is 1.68. The number of hydrogen-bond acceptors (Lipinski definition) is 1. The van der Waals surface area contributed by atoms with Crippen molar-refractivity contribution in [2.24, 2.45) is 0 Å². The third-order valence-electron chi connectivity index (χ3n) is 0.880. The van der Waals surface area contributed by atoms with Gasteiger partial charge in [-0.15, -0.1) is 0 Å². The van der Waals surface area contributed by atoms with Crippen molar-refractivity contribution in [1.29, 1.82) is 0 Å². The summed E-state index contributed by atoms with van der Waals surface area (Å²) in [6.07, 6.45) is 3.36. The molecule has 0 aliphatic carbocycles. The number of ether oxygens (including phenoxy) is 1. The van der Waals surface area contributed by atoms with Gasteiger partial charge in [-0.1, -0.05) is 11.6 Å². The first-order valence-electron chi connectivity index (χ1n) is 2.21. The minimum Gasteiger partial charge on any atom is -0.494 e. The summed E-state index contributed by atoms with van der Waals surface area (Å²) in [6.45, 7) is 0. The molecule has 0 aromatic carbocycles. The van der Waals surface area contributed by atoms with E-state index in [1.165, 1.54) is 0 Å². The van der Waals surface area contributed by atoms with E-state index >= 15 is 0 Å². The van der Waals surface area contributed by atoms with Crippen molar-refractivity contribution in [3.05, 3.63) is 17.4 Å². The SMILES string of the molecule is COc1c[nH]cc1Cl. The molecule has 1 aromatic rings. The number of aromatic amines is 1. The molecular formula is C5H6ClNO. The molecule has 0 bridgehead atoms. The Kier molecular flexibility index (Phi) is 1.44. The van der Waals surface area contributed by atoms with Crippen LogP contribution in [0.5, 0.6) is 5.75 Å². The highest BCUT2D eigenvalue weighted by atomic mass is 35.5. The molecule has 0 saturated heterocycles. The van der Waals surface area contributed by atoms with E-state index in [2.05, 4.69) is 4.98 Å². The van der Waals surface area contributed by atoms with Crippen LogP contribution in [-0.2, 0) is 0 Å². The highest BCUT2D eigenvalue weighted by Crippen LogP contribution is 2.21. The van der Waals surface area contributed by atoms with Crippen LogP contribution in [0.25, 0.3) is 0 Å². The standard InChI is InChI=1S/C5H6ClNO/c1-8-5-3-7-2-4(5)6/h2-3,7H,1H3. The molecule has 0 amide bonds. The predicted molar refractivity (Wildman–Crippen MR) is 32.4 cm³/mol. The number of hydrogen-bond donors (Lipinski definition) is 1. The Morgan fingerprint density at radius 3 is 2.62 bits per heavy atom. The lowest BCUT2D eigenvalue weighted by Gasteiger charge is -1.90. The molecule has 0 aliphatic rings. The second-order valence-electron chi connectivity index (χ2n) is 1.37. The Hall–Kier alpha value is -0.630. The van der Waals surface area contributed by atoms with Crippen LogP contribution < -0.4 is 4.74 Å². The van der Waals surface area contributed by atoms with Crippen LogP contribution in [0.4, 0.5) is 0 Å². The van der Waals surface area contributed by atoms with E-state index in [9.17, 15) is 0 Å². The van der Waals surface area contributed by atoms with Gasteiger partial charge in [-0.25, -0.2) is 0 Å². The molecule has 1 heterocycles. The fourth-order valence-corrected chi connectivity index (χ4v) is 0.682. The van der Waals surface area contributed by atoms with Gasteiger partial charge in [-0.3, -0.25) is 0 Å². The van der Waals surface area contributed by atoms with Crippen molar-refractivity contribution in [3.63, 3.8) is 0 Å². The molecule has 0 spiro atoms. The number of nitrogens with one attached hydrogen (secondary N) is 1. The number of rotatable bonds is 1. The first kappa shape index (κ1) is 5.51. The Labute approximate surface area is 52.4 Å². The number of H-pyrrole nitrogens is 1. The van der Waals surface area contributed by atoms with Gasteiger partial charge in [0.25, 0.3) is 0 Å². The van der Waals surface area contributed by atoms with E-state index in [4.69, 9.17) is 16.3 Å². The monoisotopic (exact) mass is 131 g/mol. The van der Waals surface area contributed by atoms with Gasteiger partial charge in [-0.05, 0) is 0 Å². The van der Waals surface area contributed by atoms with E-state index in [1.807, 2.05) is 0 Å². The van der Waals surface area contributed by atoms with E-state index < -0.39 is 0 Å². The van der Waals surface area contributed by atoms with Crippen LogP contribution in [0, 0.1) is 0 Å². The zero-order valence-electron chi connectivity index (χ0n) is 4.44. The lowest BCUT2D eigenvalue weighted by molar-refractivity contribution is 0.415. The van der Waals surface area contributed by atoms with Gasteiger partial charge >= 0.3 is 0 Å². The summed E-state index contributed by atoms with van der Waals surface area (Å²) >= 11 is 5.58. The summed E-state index contributed by atoms with van der Waals surface area (Å²) in [7, 11) is 1.58. The summed E-state index contributed by atoms with van der Waals surface area (Å²) in [6, 6.07) is 0. The molecule has 0 aliphatic heterocycles. The van der Waals surface area contributed by atoms with Crippen molar-refractivity contribution in [3.8, 4) is 5.75 Å². The van der Waals surface area contributed by atoms with Crippen LogP contribution in [-0.4, -0.2) is 12.1 Å². The Bertz CT molecular complexity index is 173. The quantitative estimate of drug-likeness (QED) is 0.616. The summed E-state index contributed by atoms with van der Waals surface area (Å²) in [4.78, 5) is 2.79. The maximum absolute atomic E-state index is 5.58. The van der Waals surface area contributed by atoms with E-state index in [0.29, 0.717) is 10.8 Å².